The van der Waals surface area contributed by atoms with Crippen molar-refractivity contribution in [1.29, 1.82) is 0 Å². The standard InChI is InChI=1S/C18H31N/c1-19-12-17-14-7-13-8-15(17)11-18(9-13,10-14)16-5-3-2-4-6-16/h13-17,19H,2-12H2,1H3. The first-order chi connectivity index (χ1) is 9.31. The van der Waals surface area contributed by atoms with Gasteiger partial charge in [0, 0.05) is 0 Å². The van der Waals surface area contributed by atoms with Crippen LogP contribution >= 0.6 is 0 Å². The van der Waals surface area contributed by atoms with Gasteiger partial charge in [-0.1, -0.05) is 19.3 Å². The number of hydrogen-bond acceptors (Lipinski definition) is 1. The molecule has 0 aromatic heterocycles. The molecular formula is C18H31N. The van der Waals surface area contributed by atoms with Gasteiger partial charge in [0.15, 0.2) is 0 Å². The Kier molecular flexibility index (Phi) is 3.17. The topological polar surface area (TPSA) is 12.0 Å². The first-order valence-electron chi connectivity index (χ1n) is 8.95. The van der Waals surface area contributed by atoms with Gasteiger partial charge in [0.05, 0.1) is 0 Å². The summed E-state index contributed by atoms with van der Waals surface area (Å²) in [6.45, 7) is 1.29. The molecule has 2 unspecified atom stereocenters. The summed E-state index contributed by atoms with van der Waals surface area (Å²) in [6.07, 6.45) is 15.7. The van der Waals surface area contributed by atoms with Gasteiger partial charge in [-0.2, -0.15) is 0 Å². The van der Waals surface area contributed by atoms with Crippen LogP contribution in [0.15, 0.2) is 0 Å². The van der Waals surface area contributed by atoms with Gasteiger partial charge in [-0.05, 0) is 93.5 Å². The highest BCUT2D eigenvalue weighted by Crippen LogP contribution is 2.66. The smallest absolute Gasteiger partial charge is 0.00182 e. The molecule has 5 aliphatic carbocycles. The van der Waals surface area contributed by atoms with Crippen LogP contribution in [0.1, 0.15) is 64.2 Å². The second kappa shape index (κ2) is 4.76. The Bertz CT molecular complexity index is 315. The molecule has 0 amide bonds. The van der Waals surface area contributed by atoms with E-state index in [0.717, 1.165) is 35.0 Å². The highest BCUT2D eigenvalue weighted by atomic mass is 14.8. The lowest BCUT2D eigenvalue weighted by atomic mass is 9.42. The van der Waals surface area contributed by atoms with Gasteiger partial charge in [-0.15, -0.1) is 0 Å². The summed E-state index contributed by atoms with van der Waals surface area (Å²) in [4.78, 5) is 0. The number of hydrogen-bond donors (Lipinski definition) is 1. The third-order valence-electron chi connectivity index (χ3n) is 7.43. The Morgan fingerprint density at radius 1 is 0.947 bits per heavy atom. The fraction of sp³-hybridized carbons (Fsp3) is 1.00. The van der Waals surface area contributed by atoms with E-state index in [-0.39, 0.29) is 0 Å². The Morgan fingerprint density at radius 2 is 1.63 bits per heavy atom. The van der Waals surface area contributed by atoms with Crippen LogP contribution in [0.4, 0.5) is 0 Å². The summed E-state index contributed by atoms with van der Waals surface area (Å²) in [5.41, 5.74) is 0.821. The van der Waals surface area contributed by atoms with Crippen LogP contribution in [0.2, 0.25) is 0 Å². The molecule has 0 saturated heterocycles. The second-order valence-corrected chi connectivity index (χ2v) is 8.39. The second-order valence-electron chi connectivity index (χ2n) is 8.39. The highest BCUT2D eigenvalue weighted by Gasteiger charge is 2.57. The van der Waals surface area contributed by atoms with Crippen LogP contribution in [0.5, 0.6) is 0 Å². The van der Waals surface area contributed by atoms with Gasteiger partial charge in [0.2, 0.25) is 0 Å². The maximum absolute atomic E-state index is 3.49. The van der Waals surface area contributed by atoms with Crippen molar-refractivity contribution >= 4 is 0 Å². The van der Waals surface area contributed by atoms with Crippen molar-refractivity contribution in [2.24, 2.45) is 35.0 Å². The van der Waals surface area contributed by atoms with E-state index >= 15 is 0 Å². The lowest BCUT2D eigenvalue weighted by molar-refractivity contribution is -0.127. The van der Waals surface area contributed by atoms with Crippen molar-refractivity contribution in [2.45, 2.75) is 64.2 Å². The lowest BCUT2D eigenvalue weighted by Gasteiger charge is -2.63. The zero-order chi connectivity index (χ0) is 12.9. The van der Waals surface area contributed by atoms with Gasteiger partial charge < -0.3 is 5.32 Å². The third kappa shape index (κ3) is 1.99. The lowest BCUT2D eigenvalue weighted by Crippen LogP contribution is -2.55. The zero-order valence-corrected chi connectivity index (χ0v) is 12.7. The average molecular weight is 261 g/mol. The normalized spacial score (nSPS) is 49.7. The van der Waals surface area contributed by atoms with Crippen LogP contribution in [0.25, 0.3) is 0 Å². The quantitative estimate of drug-likeness (QED) is 0.801. The van der Waals surface area contributed by atoms with Gasteiger partial charge in [0.25, 0.3) is 0 Å². The molecule has 5 fully saturated rings. The van der Waals surface area contributed by atoms with Gasteiger partial charge in [-0.25, -0.2) is 0 Å². The van der Waals surface area contributed by atoms with Crippen molar-refractivity contribution in [2.75, 3.05) is 13.6 Å². The minimum Gasteiger partial charge on any atom is -0.319 e. The molecule has 0 heterocycles. The maximum Gasteiger partial charge on any atom is -0.00182 e. The molecule has 2 atom stereocenters. The summed E-state index contributed by atoms with van der Waals surface area (Å²) in [6, 6.07) is 0. The van der Waals surface area contributed by atoms with E-state index in [1.54, 1.807) is 44.9 Å². The van der Waals surface area contributed by atoms with Gasteiger partial charge in [-0.3, -0.25) is 0 Å². The molecule has 4 bridgehead atoms. The van der Waals surface area contributed by atoms with Gasteiger partial charge >= 0.3 is 0 Å². The van der Waals surface area contributed by atoms with E-state index in [1.807, 2.05) is 0 Å². The third-order valence-corrected chi connectivity index (χ3v) is 7.43. The van der Waals surface area contributed by atoms with E-state index in [1.165, 1.54) is 25.8 Å². The summed E-state index contributed by atoms with van der Waals surface area (Å²) in [5.74, 6) is 5.43. The number of rotatable bonds is 3. The zero-order valence-electron chi connectivity index (χ0n) is 12.7. The van der Waals surface area contributed by atoms with Crippen molar-refractivity contribution in [3.63, 3.8) is 0 Å². The summed E-state index contributed by atoms with van der Waals surface area (Å²) in [5, 5.41) is 3.49. The van der Waals surface area contributed by atoms with Crippen molar-refractivity contribution in [1.82, 2.24) is 5.32 Å². The summed E-state index contributed by atoms with van der Waals surface area (Å²) >= 11 is 0. The fourth-order valence-electron chi connectivity index (χ4n) is 6.98. The van der Waals surface area contributed by atoms with Crippen LogP contribution in [-0.2, 0) is 0 Å². The highest BCUT2D eigenvalue weighted by molar-refractivity contribution is 5.07. The van der Waals surface area contributed by atoms with E-state index in [2.05, 4.69) is 12.4 Å². The molecule has 108 valence electrons. The van der Waals surface area contributed by atoms with Crippen molar-refractivity contribution in [3.05, 3.63) is 0 Å². The van der Waals surface area contributed by atoms with Crippen molar-refractivity contribution in [3.8, 4) is 0 Å². The Hall–Kier alpha value is -0.0400. The molecule has 19 heavy (non-hydrogen) atoms. The molecule has 5 aliphatic rings. The Morgan fingerprint density at radius 3 is 2.26 bits per heavy atom. The first kappa shape index (κ1) is 12.7. The summed E-state index contributed by atoms with van der Waals surface area (Å²) in [7, 11) is 2.15. The average Bonchev–Trinajstić information content (AvgIpc) is 2.43. The van der Waals surface area contributed by atoms with E-state index in [0.29, 0.717) is 0 Å². The predicted molar refractivity (Wildman–Crippen MR) is 80.0 cm³/mol. The molecule has 0 aromatic rings. The molecule has 0 aromatic carbocycles. The van der Waals surface area contributed by atoms with Crippen LogP contribution in [0.3, 0.4) is 0 Å². The van der Waals surface area contributed by atoms with Crippen LogP contribution in [0, 0.1) is 35.0 Å². The molecule has 5 saturated carbocycles. The SMILES string of the molecule is CNCC1C2CC3CC1CC(C1CCCCC1)(C3)C2. The molecule has 1 N–H and O–H groups in total. The molecule has 0 radical (unpaired) electrons. The van der Waals surface area contributed by atoms with Crippen LogP contribution < -0.4 is 5.32 Å². The molecule has 1 heteroatoms. The Balaban J connectivity index is 1.56. The predicted octanol–water partition coefficient (Wildman–Crippen LogP) is 4.23. The maximum atomic E-state index is 3.49. The molecule has 0 spiro atoms. The largest absolute Gasteiger partial charge is 0.319 e. The fourth-order valence-corrected chi connectivity index (χ4v) is 6.98. The molecule has 1 nitrogen and oxygen atoms in total. The Labute approximate surface area is 118 Å². The summed E-state index contributed by atoms with van der Waals surface area (Å²) < 4.78 is 0. The number of nitrogens with one attached hydrogen (secondary N) is 1. The monoisotopic (exact) mass is 261 g/mol. The van der Waals surface area contributed by atoms with E-state index in [9.17, 15) is 0 Å². The van der Waals surface area contributed by atoms with Gasteiger partial charge in [0.1, 0.15) is 0 Å². The minimum atomic E-state index is 0.821. The molecular weight excluding hydrogens is 230 g/mol. The van der Waals surface area contributed by atoms with Crippen LogP contribution in [-0.4, -0.2) is 13.6 Å². The molecule has 5 rings (SSSR count). The first-order valence-corrected chi connectivity index (χ1v) is 8.95. The van der Waals surface area contributed by atoms with Crippen molar-refractivity contribution < 1.29 is 0 Å². The van der Waals surface area contributed by atoms with E-state index in [4.69, 9.17) is 0 Å². The minimum absolute atomic E-state index is 0.821. The van der Waals surface area contributed by atoms with E-state index < -0.39 is 0 Å². The molecule has 0 aliphatic heterocycles.